The summed E-state index contributed by atoms with van der Waals surface area (Å²) in [6, 6.07) is 0. The number of aliphatic hydroxyl groups is 1. The Morgan fingerprint density at radius 3 is 2.44 bits per heavy atom. The summed E-state index contributed by atoms with van der Waals surface area (Å²) in [6.07, 6.45) is 0.0603. The third-order valence-electron chi connectivity index (χ3n) is 3.55. The molecule has 2 bridgehead atoms. The number of ether oxygens (including phenoxy) is 1. The van der Waals surface area contributed by atoms with Gasteiger partial charge in [0.25, 0.3) is 0 Å². The van der Waals surface area contributed by atoms with Crippen molar-refractivity contribution >= 4 is 0 Å². The van der Waals surface area contributed by atoms with E-state index in [2.05, 4.69) is 0 Å². The second-order valence-corrected chi connectivity index (χ2v) is 3.61. The summed E-state index contributed by atoms with van der Waals surface area (Å²) in [7, 11) is 1.74. The first-order chi connectivity index (χ1) is 4.34. The van der Waals surface area contributed by atoms with Crippen LogP contribution in [0.1, 0.15) is 0 Å². The molecule has 4 aliphatic carbocycles. The van der Waals surface area contributed by atoms with Crippen molar-refractivity contribution in [3.8, 4) is 0 Å². The van der Waals surface area contributed by atoms with E-state index in [-0.39, 0.29) is 6.10 Å². The minimum Gasteiger partial charge on any atom is -0.392 e. The first-order valence-corrected chi connectivity index (χ1v) is 3.51. The van der Waals surface area contributed by atoms with Crippen molar-refractivity contribution in [1.82, 2.24) is 0 Å². The number of hydrogen-bond donors (Lipinski definition) is 1. The lowest BCUT2D eigenvalue weighted by atomic mass is 9.73. The molecule has 0 aliphatic heterocycles. The van der Waals surface area contributed by atoms with Gasteiger partial charge in [0.15, 0.2) is 0 Å². The van der Waals surface area contributed by atoms with Gasteiger partial charge in [-0.2, -0.15) is 0 Å². The molecule has 0 spiro atoms. The number of rotatable bonds is 2. The van der Waals surface area contributed by atoms with Gasteiger partial charge in [0, 0.05) is 12.5 Å². The Balaban J connectivity index is 1.75. The van der Waals surface area contributed by atoms with Crippen LogP contribution in [0.4, 0.5) is 0 Å². The van der Waals surface area contributed by atoms with E-state index in [0.29, 0.717) is 17.3 Å². The number of methoxy groups -OCH3 is 1. The van der Waals surface area contributed by atoms with Crippen LogP contribution in [0.2, 0.25) is 0 Å². The van der Waals surface area contributed by atoms with Crippen LogP contribution in [-0.4, -0.2) is 24.9 Å². The van der Waals surface area contributed by atoms with Crippen LogP contribution in [0, 0.1) is 23.2 Å². The molecule has 50 valence electrons. The Morgan fingerprint density at radius 1 is 1.44 bits per heavy atom. The van der Waals surface area contributed by atoms with Gasteiger partial charge in [-0.1, -0.05) is 0 Å². The highest BCUT2D eigenvalue weighted by Crippen LogP contribution is 2.96. The fourth-order valence-electron chi connectivity index (χ4n) is 2.93. The zero-order valence-electron chi connectivity index (χ0n) is 5.37. The second kappa shape index (κ2) is 0.956. The molecule has 0 heterocycles. The molecule has 0 aromatic carbocycles. The fourth-order valence-corrected chi connectivity index (χ4v) is 2.93. The van der Waals surface area contributed by atoms with E-state index >= 15 is 0 Å². The molecular weight excluding hydrogens is 116 g/mol. The van der Waals surface area contributed by atoms with Gasteiger partial charge in [0.05, 0.1) is 12.7 Å². The molecule has 0 saturated heterocycles. The van der Waals surface area contributed by atoms with E-state index in [1.54, 1.807) is 7.11 Å². The Hall–Kier alpha value is -0.0800. The molecule has 2 unspecified atom stereocenters. The highest BCUT2D eigenvalue weighted by molar-refractivity contribution is 5.45. The van der Waals surface area contributed by atoms with Crippen molar-refractivity contribution in [3.05, 3.63) is 0 Å². The van der Waals surface area contributed by atoms with Gasteiger partial charge in [-0.3, -0.25) is 0 Å². The predicted octanol–water partition coefficient (Wildman–Crippen LogP) is -0.130. The van der Waals surface area contributed by atoms with Crippen LogP contribution in [0.15, 0.2) is 0 Å². The lowest BCUT2D eigenvalue weighted by Gasteiger charge is -2.37. The Morgan fingerprint density at radius 2 is 2.11 bits per heavy atom. The summed E-state index contributed by atoms with van der Waals surface area (Å²) in [4.78, 5) is 0. The maximum Gasteiger partial charge on any atom is 0.0615 e. The predicted molar refractivity (Wildman–Crippen MR) is 30.8 cm³/mol. The van der Waals surface area contributed by atoms with Gasteiger partial charge in [-0.25, -0.2) is 0 Å². The quantitative estimate of drug-likeness (QED) is 0.558. The highest BCUT2D eigenvalue weighted by atomic mass is 16.5. The molecule has 4 aliphatic rings. The van der Waals surface area contributed by atoms with Gasteiger partial charge >= 0.3 is 0 Å². The van der Waals surface area contributed by atoms with Gasteiger partial charge in [-0.15, -0.1) is 0 Å². The van der Waals surface area contributed by atoms with Gasteiger partial charge in [0.1, 0.15) is 0 Å². The number of aliphatic hydroxyl groups excluding tert-OH is 1. The van der Waals surface area contributed by atoms with E-state index in [4.69, 9.17) is 9.84 Å². The summed E-state index contributed by atoms with van der Waals surface area (Å²) >= 11 is 0. The van der Waals surface area contributed by atoms with E-state index in [0.717, 1.165) is 12.5 Å². The maximum atomic E-state index is 9.12. The van der Waals surface area contributed by atoms with Crippen molar-refractivity contribution in [3.63, 3.8) is 0 Å². The molecular formula is C7H10O2. The minimum atomic E-state index is 0.0603. The Kier molecular flexibility index (Phi) is 0.498. The largest absolute Gasteiger partial charge is 0.392 e. The van der Waals surface area contributed by atoms with Crippen molar-refractivity contribution in [2.45, 2.75) is 6.10 Å². The summed E-state index contributed by atoms with van der Waals surface area (Å²) in [6.45, 7) is 0.893. The average Bonchev–Trinajstić information content (AvgIpc) is 2.50. The molecule has 2 nitrogen and oxygen atoms in total. The zero-order chi connectivity index (χ0) is 6.22. The molecule has 1 N–H and O–H groups in total. The standard InChI is InChI=1S/C7H10O2/c1-9-2-7-3-4(7)6(8)5(3)7/h3-6,8H,2H2,1H3. The van der Waals surface area contributed by atoms with Crippen LogP contribution in [-0.2, 0) is 4.74 Å². The second-order valence-electron chi connectivity index (χ2n) is 3.61. The van der Waals surface area contributed by atoms with Gasteiger partial charge in [0.2, 0.25) is 0 Å². The van der Waals surface area contributed by atoms with Gasteiger partial charge in [-0.05, 0) is 17.8 Å². The monoisotopic (exact) mass is 126 g/mol. The molecule has 2 atom stereocenters. The van der Waals surface area contributed by atoms with Crippen LogP contribution in [0.25, 0.3) is 0 Å². The average molecular weight is 126 g/mol. The summed E-state index contributed by atoms with van der Waals surface area (Å²) in [5.74, 6) is 2.19. The molecule has 0 aromatic rings. The van der Waals surface area contributed by atoms with E-state index in [1.165, 1.54) is 0 Å². The highest BCUT2D eigenvalue weighted by Gasteiger charge is 2.99. The first kappa shape index (κ1) is 4.69. The molecule has 4 fully saturated rings. The summed E-state index contributed by atoms with van der Waals surface area (Å²) in [5.41, 5.74) is 0.522. The molecule has 0 radical (unpaired) electrons. The number of hydrogen-bond acceptors (Lipinski definition) is 2. The Labute approximate surface area is 53.8 Å². The zero-order valence-corrected chi connectivity index (χ0v) is 5.37. The van der Waals surface area contributed by atoms with Crippen molar-refractivity contribution in [2.75, 3.05) is 13.7 Å². The third-order valence-corrected chi connectivity index (χ3v) is 3.55. The topological polar surface area (TPSA) is 29.5 Å². The van der Waals surface area contributed by atoms with E-state index in [1.807, 2.05) is 0 Å². The lowest BCUT2D eigenvalue weighted by molar-refractivity contribution is -0.0619. The Bertz CT molecular complexity index is 166. The fraction of sp³-hybridized carbons (Fsp3) is 1.00. The van der Waals surface area contributed by atoms with Crippen LogP contribution in [0.5, 0.6) is 0 Å². The SMILES string of the molecule is COCC12C3C(O)C1C32. The van der Waals surface area contributed by atoms with E-state index < -0.39 is 0 Å². The molecule has 0 amide bonds. The summed E-state index contributed by atoms with van der Waals surface area (Å²) < 4.78 is 5.05. The smallest absolute Gasteiger partial charge is 0.0615 e. The molecule has 4 rings (SSSR count). The van der Waals surface area contributed by atoms with Crippen molar-refractivity contribution in [1.29, 1.82) is 0 Å². The molecule has 0 aromatic heterocycles. The van der Waals surface area contributed by atoms with Crippen LogP contribution >= 0.6 is 0 Å². The lowest BCUT2D eigenvalue weighted by Crippen LogP contribution is -2.43. The minimum absolute atomic E-state index is 0.0603. The molecule has 9 heavy (non-hydrogen) atoms. The van der Waals surface area contributed by atoms with Crippen LogP contribution < -0.4 is 0 Å². The van der Waals surface area contributed by atoms with Crippen LogP contribution in [0.3, 0.4) is 0 Å². The normalized spacial score (nSPS) is 72.7. The van der Waals surface area contributed by atoms with Crippen molar-refractivity contribution in [2.24, 2.45) is 23.2 Å². The maximum absolute atomic E-state index is 9.12. The molecule has 4 saturated carbocycles. The molecule has 2 heteroatoms. The third kappa shape index (κ3) is 0.241. The summed E-state index contributed by atoms with van der Waals surface area (Å²) in [5, 5.41) is 9.12. The first-order valence-electron chi connectivity index (χ1n) is 3.51. The van der Waals surface area contributed by atoms with E-state index in [9.17, 15) is 0 Å². The van der Waals surface area contributed by atoms with Crippen molar-refractivity contribution < 1.29 is 9.84 Å². The van der Waals surface area contributed by atoms with Gasteiger partial charge < -0.3 is 9.84 Å².